The molecule has 1 amide bonds. The predicted molar refractivity (Wildman–Crippen MR) is 77.0 cm³/mol. The Morgan fingerprint density at radius 2 is 2.18 bits per heavy atom. The largest absolute Gasteiger partial charge is 0.346 e. The Bertz CT molecular complexity index is 707. The molecule has 3 rings (SSSR count). The second-order valence-electron chi connectivity index (χ2n) is 5.67. The van der Waals surface area contributed by atoms with E-state index in [1.54, 1.807) is 6.20 Å². The van der Waals surface area contributed by atoms with E-state index < -0.39 is 17.2 Å². The molecule has 1 aliphatic carbocycles. The molecule has 1 aliphatic rings. The lowest BCUT2D eigenvalue weighted by Crippen LogP contribution is -2.36. The van der Waals surface area contributed by atoms with Crippen LogP contribution in [-0.2, 0) is 16.9 Å². The zero-order chi connectivity index (χ0) is 15.7. The third kappa shape index (κ3) is 2.86. The van der Waals surface area contributed by atoms with Gasteiger partial charge in [-0.05, 0) is 38.0 Å². The summed E-state index contributed by atoms with van der Waals surface area (Å²) in [5.41, 5.74) is -0.507. The molecule has 6 heteroatoms. The van der Waals surface area contributed by atoms with Crippen LogP contribution in [0.5, 0.6) is 0 Å². The van der Waals surface area contributed by atoms with E-state index >= 15 is 0 Å². The third-order valence-electron chi connectivity index (χ3n) is 4.08. The number of hydrogen-bond donors (Lipinski definition) is 1. The lowest BCUT2D eigenvalue weighted by atomic mass is 10.0. The first-order valence-electron chi connectivity index (χ1n) is 7.24. The Labute approximate surface area is 127 Å². The highest BCUT2D eigenvalue weighted by Crippen LogP contribution is 2.46. The van der Waals surface area contributed by atoms with Crippen LogP contribution in [0.2, 0.25) is 0 Å². The molecule has 1 saturated carbocycles. The molecule has 1 N–H and O–H groups in total. The van der Waals surface area contributed by atoms with Crippen LogP contribution in [0.25, 0.3) is 0 Å². The Kier molecular flexibility index (Phi) is 3.68. The van der Waals surface area contributed by atoms with Crippen molar-refractivity contribution >= 4 is 5.91 Å². The lowest BCUT2D eigenvalue weighted by molar-refractivity contribution is -0.122. The van der Waals surface area contributed by atoms with Crippen LogP contribution in [0.3, 0.4) is 0 Å². The maximum Gasteiger partial charge on any atom is 0.222 e. The number of carbonyl (C=O) groups is 1. The molecule has 0 saturated heterocycles. The van der Waals surface area contributed by atoms with Crippen LogP contribution in [0.15, 0.2) is 30.6 Å². The van der Waals surface area contributed by atoms with E-state index in [1.165, 1.54) is 6.07 Å². The minimum absolute atomic E-state index is 0.172. The Balaban J connectivity index is 1.66. The molecule has 1 fully saturated rings. The lowest BCUT2D eigenvalue weighted by Gasteiger charge is -2.19. The monoisotopic (exact) mass is 305 g/mol. The fourth-order valence-electron chi connectivity index (χ4n) is 2.64. The van der Waals surface area contributed by atoms with Gasteiger partial charge in [0.2, 0.25) is 5.91 Å². The van der Waals surface area contributed by atoms with Gasteiger partial charge in [0.15, 0.2) is 0 Å². The van der Waals surface area contributed by atoms with Gasteiger partial charge in [0, 0.05) is 30.9 Å². The van der Waals surface area contributed by atoms with E-state index in [4.69, 9.17) is 0 Å². The number of nitrogens with one attached hydrogen (secondary N) is 1. The molecular formula is C16H17F2N3O. The van der Waals surface area contributed by atoms with Gasteiger partial charge in [0.05, 0.1) is 5.54 Å². The van der Waals surface area contributed by atoms with Gasteiger partial charge >= 0.3 is 0 Å². The van der Waals surface area contributed by atoms with Crippen molar-refractivity contribution in [3.63, 3.8) is 0 Å². The fraction of sp³-hybridized carbons (Fsp3) is 0.375. The number of halogens is 2. The zero-order valence-corrected chi connectivity index (χ0v) is 12.3. The summed E-state index contributed by atoms with van der Waals surface area (Å²) in [4.78, 5) is 16.2. The molecule has 116 valence electrons. The zero-order valence-electron chi connectivity index (χ0n) is 12.3. The van der Waals surface area contributed by atoms with Crippen molar-refractivity contribution in [2.75, 3.05) is 0 Å². The van der Waals surface area contributed by atoms with Gasteiger partial charge in [-0.3, -0.25) is 4.79 Å². The van der Waals surface area contributed by atoms with E-state index in [2.05, 4.69) is 10.3 Å². The van der Waals surface area contributed by atoms with E-state index in [9.17, 15) is 13.6 Å². The topological polar surface area (TPSA) is 46.9 Å². The molecule has 2 aromatic rings. The van der Waals surface area contributed by atoms with Crippen LogP contribution in [-0.4, -0.2) is 15.5 Å². The Morgan fingerprint density at radius 1 is 1.41 bits per heavy atom. The maximum atomic E-state index is 13.9. The highest BCUT2D eigenvalue weighted by molar-refractivity contribution is 5.77. The molecule has 1 aromatic carbocycles. The molecule has 1 heterocycles. The Hall–Kier alpha value is -2.24. The van der Waals surface area contributed by atoms with Crippen LogP contribution in [0.1, 0.15) is 30.7 Å². The molecule has 22 heavy (non-hydrogen) atoms. The summed E-state index contributed by atoms with van der Waals surface area (Å²) in [7, 11) is 0. The molecule has 0 unspecified atom stereocenters. The fourth-order valence-corrected chi connectivity index (χ4v) is 2.64. The highest BCUT2D eigenvalue weighted by atomic mass is 19.1. The maximum absolute atomic E-state index is 13.9. The molecule has 0 spiro atoms. The summed E-state index contributed by atoms with van der Waals surface area (Å²) in [6, 6.07) is 3.35. The van der Waals surface area contributed by atoms with Crippen LogP contribution in [0.4, 0.5) is 8.78 Å². The number of carbonyl (C=O) groups excluding carboxylic acids is 1. The van der Waals surface area contributed by atoms with E-state index in [0.29, 0.717) is 19.4 Å². The number of rotatable bonds is 5. The van der Waals surface area contributed by atoms with Crippen molar-refractivity contribution < 1.29 is 13.6 Å². The third-order valence-corrected chi connectivity index (χ3v) is 4.08. The molecule has 0 radical (unpaired) electrons. The van der Waals surface area contributed by atoms with Crippen molar-refractivity contribution in [2.45, 2.75) is 38.3 Å². The average molecular weight is 305 g/mol. The molecule has 0 bridgehead atoms. The van der Waals surface area contributed by atoms with Crippen molar-refractivity contribution in [3.05, 3.63) is 53.6 Å². The quantitative estimate of drug-likeness (QED) is 0.923. The number of aryl methyl sites for hydroxylation is 2. The van der Waals surface area contributed by atoms with Crippen LogP contribution in [0, 0.1) is 18.6 Å². The van der Waals surface area contributed by atoms with Crippen molar-refractivity contribution in [1.29, 1.82) is 0 Å². The van der Waals surface area contributed by atoms with Gasteiger partial charge in [-0.2, -0.15) is 0 Å². The summed E-state index contributed by atoms with van der Waals surface area (Å²) in [5, 5.41) is 2.85. The van der Waals surface area contributed by atoms with Crippen LogP contribution >= 0.6 is 0 Å². The first-order chi connectivity index (χ1) is 10.5. The van der Waals surface area contributed by atoms with Crippen molar-refractivity contribution in [2.24, 2.45) is 0 Å². The number of nitrogens with zero attached hydrogens (tertiary/aromatic N) is 2. The van der Waals surface area contributed by atoms with Gasteiger partial charge in [-0.25, -0.2) is 13.8 Å². The SMILES string of the molecule is Cc1nccn1CCC(=O)NC1(c2cc(F)ccc2F)CC1. The molecule has 0 aliphatic heterocycles. The van der Waals surface area contributed by atoms with E-state index in [0.717, 1.165) is 18.0 Å². The van der Waals surface area contributed by atoms with Crippen molar-refractivity contribution in [1.82, 2.24) is 14.9 Å². The number of imidazole rings is 1. The normalized spacial score (nSPS) is 15.6. The molecular weight excluding hydrogens is 288 g/mol. The summed E-state index contributed by atoms with van der Waals surface area (Å²) in [6.45, 7) is 2.38. The number of amides is 1. The first kappa shape index (κ1) is 14.7. The minimum Gasteiger partial charge on any atom is -0.346 e. The van der Waals surface area contributed by atoms with Crippen LogP contribution < -0.4 is 5.32 Å². The molecule has 1 aromatic heterocycles. The summed E-state index contributed by atoms with van der Waals surface area (Å²) in [6.07, 6.45) is 5.02. The number of hydrogen-bond acceptors (Lipinski definition) is 2. The highest BCUT2D eigenvalue weighted by Gasteiger charge is 2.47. The van der Waals surface area contributed by atoms with Gasteiger partial charge in [-0.1, -0.05) is 0 Å². The summed E-state index contributed by atoms with van der Waals surface area (Å²) >= 11 is 0. The van der Waals surface area contributed by atoms with Crippen molar-refractivity contribution in [3.8, 4) is 0 Å². The van der Waals surface area contributed by atoms with Gasteiger partial charge in [-0.15, -0.1) is 0 Å². The second-order valence-corrected chi connectivity index (χ2v) is 5.67. The van der Waals surface area contributed by atoms with Gasteiger partial charge in [0.1, 0.15) is 17.5 Å². The Morgan fingerprint density at radius 3 is 2.82 bits per heavy atom. The molecule has 4 nitrogen and oxygen atoms in total. The summed E-state index contributed by atoms with van der Waals surface area (Å²) in [5.74, 6) is -0.310. The minimum atomic E-state index is -0.743. The van der Waals surface area contributed by atoms with E-state index in [-0.39, 0.29) is 17.9 Å². The second kappa shape index (κ2) is 5.51. The number of aromatic nitrogens is 2. The molecule has 0 atom stereocenters. The van der Waals surface area contributed by atoms with Gasteiger partial charge in [0.25, 0.3) is 0 Å². The smallest absolute Gasteiger partial charge is 0.222 e. The standard InChI is InChI=1S/C16H17F2N3O/c1-11-19-7-9-21(11)8-4-15(22)20-16(5-6-16)13-10-12(17)2-3-14(13)18/h2-3,7,9-10H,4-6,8H2,1H3,(H,20,22). The first-order valence-corrected chi connectivity index (χ1v) is 7.24. The van der Waals surface area contributed by atoms with E-state index in [1.807, 2.05) is 17.7 Å². The number of benzene rings is 1. The van der Waals surface area contributed by atoms with Gasteiger partial charge < -0.3 is 9.88 Å². The predicted octanol–water partition coefficient (Wildman–Crippen LogP) is 2.67. The average Bonchev–Trinajstić information content (AvgIpc) is 3.14. The summed E-state index contributed by atoms with van der Waals surface area (Å²) < 4.78 is 29.1.